The molecule has 1 aromatic rings. The van der Waals surface area contributed by atoms with Crippen molar-refractivity contribution in [2.45, 2.75) is 38.0 Å². The Morgan fingerprint density at radius 2 is 1.76 bits per heavy atom. The molecule has 1 saturated heterocycles. The van der Waals surface area contributed by atoms with Crippen LogP contribution in [0.5, 0.6) is 0 Å². The van der Waals surface area contributed by atoms with Crippen molar-refractivity contribution in [2.75, 3.05) is 16.2 Å². The monoisotopic (exact) mass is 330 g/mol. The van der Waals surface area contributed by atoms with E-state index < -0.39 is 19.9 Å². The third-order valence-electron chi connectivity index (χ3n) is 3.80. The van der Waals surface area contributed by atoms with E-state index in [0.717, 1.165) is 31.5 Å². The van der Waals surface area contributed by atoms with Gasteiger partial charge < -0.3 is 0 Å². The van der Waals surface area contributed by atoms with Crippen LogP contribution in [0.2, 0.25) is 0 Å². The molecule has 21 heavy (non-hydrogen) atoms. The second-order valence-corrected chi connectivity index (χ2v) is 9.61. The number of anilines is 1. The molecule has 1 aromatic heterocycles. The Kier molecular flexibility index (Phi) is 3.87. The molecule has 1 saturated carbocycles. The van der Waals surface area contributed by atoms with Crippen LogP contribution in [0, 0.1) is 0 Å². The SMILES string of the molecule is O=S(=O)(N=S1(=O)CCCC1)Nc1cnc(C2CCC2)nc1. The molecule has 0 amide bonds. The van der Waals surface area contributed by atoms with E-state index in [1.807, 2.05) is 0 Å². The Balaban J connectivity index is 1.74. The van der Waals surface area contributed by atoms with Crippen LogP contribution in [0.1, 0.15) is 43.8 Å². The van der Waals surface area contributed by atoms with Crippen molar-refractivity contribution in [1.82, 2.24) is 9.97 Å². The minimum absolute atomic E-state index is 0.253. The lowest BCUT2D eigenvalue weighted by molar-refractivity contribution is 0.401. The minimum Gasteiger partial charge on any atom is -0.262 e. The molecule has 2 aliphatic rings. The van der Waals surface area contributed by atoms with E-state index >= 15 is 0 Å². The average molecular weight is 330 g/mol. The van der Waals surface area contributed by atoms with Crippen LogP contribution in [-0.4, -0.2) is 34.1 Å². The van der Waals surface area contributed by atoms with E-state index in [1.54, 1.807) is 0 Å². The highest BCUT2D eigenvalue weighted by molar-refractivity contribution is 8.03. The van der Waals surface area contributed by atoms with Crippen LogP contribution < -0.4 is 4.72 Å². The van der Waals surface area contributed by atoms with Gasteiger partial charge in [0, 0.05) is 17.4 Å². The van der Waals surface area contributed by atoms with Crippen LogP contribution in [0.4, 0.5) is 5.69 Å². The lowest BCUT2D eigenvalue weighted by Crippen LogP contribution is -2.16. The fraction of sp³-hybridized carbons (Fsp3) is 0.667. The maximum Gasteiger partial charge on any atom is 0.350 e. The van der Waals surface area contributed by atoms with Crippen LogP contribution in [0.3, 0.4) is 0 Å². The van der Waals surface area contributed by atoms with Gasteiger partial charge in [-0.05, 0) is 25.7 Å². The molecule has 0 atom stereocenters. The minimum atomic E-state index is -3.98. The average Bonchev–Trinajstić information content (AvgIpc) is 2.74. The third-order valence-corrected chi connectivity index (χ3v) is 8.02. The Labute approximate surface area is 125 Å². The van der Waals surface area contributed by atoms with Gasteiger partial charge in [-0.25, -0.2) is 14.2 Å². The lowest BCUT2D eigenvalue weighted by Gasteiger charge is -2.23. The predicted octanol–water partition coefficient (Wildman–Crippen LogP) is 1.66. The number of nitrogens with one attached hydrogen (secondary N) is 1. The quantitative estimate of drug-likeness (QED) is 0.904. The molecule has 116 valence electrons. The summed E-state index contributed by atoms with van der Waals surface area (Å²) in [5.41, 5.74) is 0.253. The van der Waals surface area contributed by atoms with Crippen LogP contribution in [0.25, 0.3) is 0 Å². The lowest BCUT2D eigenvalue weighted by atomic mass is 9.85. The first-order valence-corrected chi connectivity index (χ1v) is 10.3. The highest BCUT2D eigenvalue weighted by Crippen LogP contribution is 2.34. The molecule has 7 nitrogen and oxygen atoms in total. The van der Waals surface area contributed by atoms with Gasteiger partial charge in [0.15, 0.2) is 0 Å². The third kappa shape index (κ3) is 3.52. The molecule has 9 heteroatoms. The van der Waals surface area contributed by atoms with Crippen molar-refractivity contribution in [3.05, 3.63) is 18.2 Å². The second kappa shape index (κ2) is 5.53. The molecule has 0 radical (unpaired) electrons. The summed E-state index contributed by atoms with van der Waals surface area (Å²) < 4.78 is 41.9. The molecule has 0 spiro atoms. The van der Waals surface area contributed by atoms with Crippen molar-refractivity contribution in [1.29, 1.82) is 0 Å². The summed E-state index contributed by atoms with van der Waals surface area (Å²) in [7, 11) is -6.60. The molecule has 2 heterocycles. The molecule has 0 unspecified atom stereocenters. The summed E-state index contributed by atoms with van der Waals surface area (Å²) in [6.45, 7) is 0. The Morgan fingerprint density at radius 3 is 2.29 bits per heavy atom. The Morgan fingerprint density at radius 1 is 1.14 bits per heavy atom. The predicted molar refractivity (Wildman–Crippen MR) is 80.7 cm³/mol. The fourth-order valence-electron chi connectivity index (χ4n) is 2.45. The topological polar surface area (TPSA) is 101 Å². The van der Waals surface area contributed by atoms with Crippen LogP contribution in [0.15, 0.2) is 16.2 Å². The summed E-state index contributed by atoms with van der Waals surface area (Å²) in [5.74, 6) is 1.85. The molecule has 0 bridgehead atoms. The largest absolute Gasteiger partial charge is 0.350 e. The number of nitrogens with zero attached hydrogens (tertiary/aromatic N) is 3. The maximum atomic E-state index is 12.2. The van der Waals surface area contributed by atoms with Gasteiger partial charge in [-0.3, -0.25) is 4.72 Å². The van der Waals surface area contributed by atoms with Gasteiger partial charge in [0.05, 0.1) is 27.8 Å². The van der Waals surface area contributed by atoms with Gasteiger partial charge in [-0.15, -0.1) is 0 Å². The molecule has 3 rings (SSSR count). The number of hydrogen-bond acceptors (Lipinski definition) is 5. The molecular formula is C12H18N4O3S2. The summed E-state index contributed by atoms with van der Waals surface area (Å²) >= 11 is 0. The highest BCUT2D eigenvalue weighted by Gasteiger charge is 2.23. The summed E-state index contributed by atoms with van der Waals surface area (Å²) in [5, 5.41) is 0. The smallest absolute Gasteiger partial charge is 0.262 e. The second-order valence-electron chi connectivity index (χ2n) is 5.50. The van der Waals surface area contributed by atoms with E-state index in [-0.39, 0.29) is 5.69 Å². The van der Waals surface area contributed by atoms with Gasteiger partial charge in [-0.1, -0.05) is 10.2 Å². The first-order valence-electron chi connectivity index (χ1n) is 7.04. The Hall–Kier alpha value is -1.22. The highest BCUT2D eigenvalue weighted by atomic mass is 32.3. The van der Waals surface area contributed by atoms with E-state index in [0.29, 0.717) is 17.4 Å². The standard InChI is InChI=1S/C12H18N4O3S2/c17-20(6-1-2-7-20)16-21(18,19)15-11-8-13-12(14-9-11)10-4-3-5-10/h8-10,15H,1-7H2. The molecular weight excluding hydrogens is 312 g/mol. The maximum absolute atomic E-state index is 12.2. The van der Waals surface area contributed by atoms with Gasteiger partial charge in [0.25, 0.3) is 0 Å². The van der Waals surface area contributed by atoms with Gasteiger partial charge >= 0.3 is 10.2 Å². The first-order chi connectivity index (χ1) is 9.96. The van der Waals surface area contributed by atoms with Crippen molar-refractivity contribution >= 4 is 25.6 Å². The van der Waals surface area contributed by atoms with E-state index in [4.69, 9.17) is 0 Å². The number of hydrogen-bond donors (Lipinski definition) is 1. The van der Waals surface area contributed by atoms with Crippen molar-refractivity contribution in [2.24, 2.45) is 3.77 Å². The molecule has 0 aromatic carbocycles. The number of rotatable bonds is 4. The molecule has 1 N–H and O–H groups in total. The summed E-state index contributed by atoms with van der Waals surface area (Å²) in [6.07, 6.45) is 7.76. The Bertz CT molecular complexity index is 720. The van der Waals surface area contributed by atoms with Crippen LogP contribution in [-0.2, 0) is 19.9 Å². The summed E-state index contributed by atoms with van der Waals surface area (Å²) in [4.78, 5) is 8.37. The van der Waals surface area contributed by atoms with E-state index in [2.05, 4.69) is 18.5 Å². The first kappa shape index (κ1) is 14.7. The van der Waals surface area contributed by atoms with Crippen molar-refractivity contribution in [3.8, 4) is 0 Å². The zero-order chi connectivity index (χ0) is 14.9. The molecule has 2 fully saturated rings. The zero-order valence-corrected chi connectivity index (χ0v) is 13.2. The van der Waals surface area contributed by atoms with Gasteiger partial charge in [0.2, 0.25) is 0 Å². The summed E-state index contributed by atoms with van der Waals surface area (Å²) in [6, 6.07) is 0. The molecule has 1 aliphatic heterocycles. The van der Waals surface area contributed by atoms with E-state index in [9.17, 15) is 12.6 Å². The van der Waals surface area contributed by atoms with E-state index in [1.165, 1.54) is 18.8 Å². The van der Waals surface area contributed by atoms with Gasteiger partial charge in [-0.2, -0.15) is 8.42 Å². The number of aromatic nitrogens is 2. The van der Waals surface area contributed by atoms with Crippen LogP contribution >= 0.6 is 0 Å². The normalized spacial score (nSPS) is 21.7. The van der Waals surface area contributed by atoms with Crippen molar-refractivity contribution in [3.63, 3.8) is 0 Å². The van der Waals surface area contributed by atoms with Gasteiger partial charge in [0.1, 0.15) is 5.82 Å². The van der Waals surface area contributed by atoms with Crippen molar-refractivity contribution < 1.29 is 12.6 Å². The fourth-order valence-corrected chi connectivity index (χ4v) is 6.54. The molecule has 1 aliphatic carbocycles. The zero-order valence-electron chi connectivity index (χ0n) is 11.6.